The molecular formula is C14H9BrF2N2. The van der Waals surface area contributed by atoms with E-state index < -0.39 is 11.6 Å². The smallest absolute Gasteiger partial charge is 0.146 e. The Morgan fingerprint density at radius 3 is 2.68 bits per heavy atom. The zero-order valence-corrected chi connectivity index (χ0v) is 11.3. The molecular weight excluding hydrogens is 314 g/mol. The lowest BCUT2D eigenvalue weighted by molar-refractivity contribution is 0.624. The lowest BCUT2D eigenvalue weighted by atomic mass is 10.1. The molecule has 0 heterocycles. The van der Waals surface area contributed by atoms with Crippen LogP contribution in [-0.4, -0.2) is 0 Å². The van der Waals surface area contributed by atoms with Crippen molar-refractivity contribution < 1.29 is 8.78 Å². The van der Waals surface area contributed by atoms with E-state index in [2.05, 4.69) is 21.2 Å². The molecule has 0 atom stereocenters. The summed E-state index contributed by atoms with van der Waals surface area (Å²) in [4.78, 5) is 0. The molecule has 0 spiro atoms. The molecule has 2 rings (SSSR count). The Kier molecular flexibility index (Phi) is 4.13. The van der Waals surface area contributed by atoms with Crippen molar-refractivity contribution in [2.24, 2.45) is 0 Å². The van der Waals surface area contributed by atoms with E-state index in [4.69, 9.17) is 5.26 Å². The van der Waals surface area contributed by atoms with Gasteiger partial charge in [-0.2, -0.15) is 5.26 Å². The Morgan fingerprint density at radius 2 is 1.95 bits per heavy atom. The number of benzene rings is 2. The monoisotopic (exact) mass is 322 g/mol. The van der Waals surface area contributed by atoms with Crippen LogP contribution < -0.4 is 5.32 Å². The van der Waals surface area contributed by atoms with E-state index in [9.17, 15) is 8.78 Å². The Bertz CT molecular complexity index is 650. The molecule has 0 saturated heterocycles. The van der Waals surface area contributed by atoms with Crippen LogP contribution >= 0.6 is 15.9 Å². The first-order valence-electron chi connectivity index (χ1n) is 5.47. The van der Waals surface area contributed by atoms with Crippen LogP contribution in [0.25, 0.3) is 0 Å². The first kappa shape index (κ1) is 13.5. The molecule has 5 heteroatoms. The van der Waals surface area contributed by atoms with Crippen molar-refractivity contribution in [1.29, 1.82) is 5.26 Å². The maximum absolute atomic E-state index is 13.5. The van der Waals surface area contributed by atoms with Gasteiger partial charge in [-0.05, 0) is 42.0 Å². The Labute approximate surface area is 117 Å². The minimum Gasteiger partial charge on any atom is -0.379 e. The van der Waals surface area contributed by atoms with Crippen LogP contribution in [0.1, 0.15) is 11.1 Å². The predicted molar refractivity (Wildman–Crippen MR) is 72.5 cm³/mol. The number of anilines is 1. The van der Waals surface area contributed by atoms with Gasteiger partial charge in [0.25, 0.3) is 0 Å². The highest BCUT2D eigenvalue weighted by molar-refractivity contribution is 9.10. The van der Waals surface area contributed by atoms with Crippen LogP contribution in [0, 0.1) is 23.0 Å². The highest BCUT2D eigenvalue weighted by Crippen LogP contribution is 2.21. The summed E-state index contributed by atoms with van der Waals surface area (Å²) in [5.41, 5.74) is 1.15. The summed E-state index contributed by atoms with van der Waals surface area (Å²) in [5.74, 6) is -0.830. The van der Waals surface area contributed by atoms with E-state index in [1.54, 1.807) is 12.1 Å². The van der Waals surface area contributed by atoms with Gasteiger partial charge in [0.15, 0.2) is 0 Å². The molecule has 0 amide bonds. The SMILES string of the molecule is N#Cc1ccc(F)cc1CNc1cc(Br)ccc1F. The van der Waals surface area contributed by atoms with Crippen LogP contribution in [0.3, 0.4) is 0 Å². The third kappa shape index (κ3) is 3.30. The summed E-state index contributed by atoms with van der Waals surface area (Å²) in [5, 5.41) is 11.8. The van der Waals surface area contributed by atoms with Gasteiger partial charge in [0.2, 0.25) is 0 Å². The Morgan fingerprint density at radius 1 is 1.16 bits per heavy atom. The molecule has 2 aromatic carbocycles. The summed E-state index contributed by atoms with van der Waals surface area (Å²) in [7, 11) is 0. The molecule has 0 bridgehead atoms. The summed E-state index contributed by atoms with van der Waals surface area (Å²) in [6.45, 7) is 0.175. The number of halogens is 3. The summed E-state index contributed by atoms with van der Waals surface area (Å²) in [6.07, 6.45) is 0. The minimum atomic E-state index is -0.425. The normalized spacial score (nSPS) is 10.0. The molecule has 0 unspecified atom stereocenters. The van der Waals surface area contributed by atoms with Crippen LogP contribution in [0.15, 0.2) is 40.9 Å². The van der Waals surface area contributed by atoms with E-state index in [-0.39, 0.29) is 6.54 Å². The number of rotatable bonds is 3. The Balaban J connectivity index is 2.21. The van der Waals surface area contributed by atoms with Gasteiger partial charge in [-0.25, -0.2) is 8.78 Å². The fourth-order valence-corrected chi connectivity index (χ4v) is 2.00. The van der Waals surface area contributed by atoms with Crippen LogP contribution in [0.2, 0.25) is 0 Å². The molecule has 0 saturated carbocycles. The molecule has 0 radical (unpaired) electrons. The average molecular weight is 323 g/mol. The molecule has 19 heavy (non-hydrogen) atoms. The number of nitrogens with zero attached hydrogens (tertiary/aromatic N) is 1. The van der Waals surface area contributed by atoms with E-state index in [1.165, 1.54) is 24.3 Å². The topological polar surface area (TPSA) is 35.8 Å². The van der Waals surface area contributed by atoms with Crippen molar-refractivity contribution in [3.8, 4) is 6.07 Å². The van der Waals surface area contributed by atoms with Gasteiger partial charge >= 0.3 is 0 Å². The van der Waals surface area contributed by atoms with E-state index >= 15 is 0 Å². The standard InChI is InChI=1S/C14H9BrF2N2/c15-11-2-4-13(17)14(6-11)19-8-10-5-12(16)3-1-9(10)7-18/h1-6,19H,8H2. The second-order valence-corrected chi connectivity index (χ2v) is 4.81. The number of nitrogens with one attached hydrogen (secondary N) is 1. The number of hydrogen-bond donors (Lipinski definition) is 1. The zero-order valence-electron chi connectivity index (χ0n) is 9.75. The largest absolute Gasteiger partial charge is 0.379 e. The van der Waals surface area contributed by atoms with Gasteiger partial charge in [-0.15, -0.1) is 0 Å². The quantitative estimate of drug-likeness (QED) is 0.918. The average Bonchev–Trinajstić information content (AvgIpc) is 2.40. The zero-order chi connectivity index (χ0) is 13.8. The highest BCUT2D eigenvalue weighted by Gasteiger charge is 2.06. The molecule has 1 N–H and O–H groups in total. The van der Waals surface area contributed by atoms with Crippen molar-refractivity contribution in [3.63, 3.8) is 0 Å². The maximum atomic E-state index is 13.5. The first-order valence-corrected chi connectivity index (χ1v) is 6.27. The lowest BCUT2D eigenvalue weighted by Gasteiger charge is -2.09. The van der Waals surface area contributed by atoms with E-state index in [0.29, 0.717) is 16.8 Å². The van der Waals surface area contributed by atoms with E-state index in [1.807, 2.05) is 6.07 Å². The molecule has 2 aromatic rings. The molecule has 0 aliphatic heterocycles. The summed E-state index contributed by atoms with van der Waals surface area (Å²) >= 11 is 3.24. The fraction of sp³-hybridized carbons (Fsp3) is 0.0714. The molecule has 0 aliphatic rings. The molecule has 0 aromatic heterocycles. The fourth-order valence-electron chi connectivity index (χ4n) is 1.64. The van der Waals surface area contributed by atoms with Gasteiger partial charge in [0.05, 0.1) is 17.3 Å². The minimum absolute atomic E-state index is 0.175. The van der Waals surface area contributed by atoms with Gasteiger partial charge in [-0.3, -0.25) is 0 Å². The lowest BCUT2D eigenvalue weighted by Crippen LogP contribution is -2.04. The van der Waals surface area contributed by atoms with Gasteiger partial charge in [0.1, 0.15) is 11.6 Å². The highest BCUT2D eigenvalue weighted by atomic mass is 79.9. The van der Waals surface area contributed by atoms with E-state index in [0.717, 1.165) is 4.47 Å². The third-order valence-corrected chi connectivity index (χ3v) is 3.08. The Hall–Kier alpha value is -1.93. The van der Waals surface area contributed by atoms with Crippen molar-refractivity contribution in [1.82, 2.24) is 0 Å². The van der Waals surface area contributed by atoms with Crippen molar-refractivity contribution in [2.45, 2.75) is 6.54 Å². The van der Waals surface area contributed by atoms with Gasteiger partial charge in [-0.1, -0.05) is 15.9 Å². The summed E-state index contributed by atoms with van der Waals surface area (Å²) in [6, 6.07) is 10.4. The third-order valence-electron chi connectivity index (χ3n) is 2.59. The van der Waals surface area contributed by atoms with Gasteiger partial charge < -0.3 is 5.32 Å². The van der Waals surface area contributed by atoms with Crippen molar-refractivity contribution in [2.75, 3.05) is 5.32 Å². The second kappa shape index (κ2) is 5.81. The maximum Gasteiger partial charge on any atom is 0.146 e. The first-order chi connectivity index (χ1) is 9.10. The van der Waals surface area contributed by atoms with Crippen molar-refractivity contribution >= 4 is 21.6 Å². The van der Waals surface area contributed by atoms with Crippen LogP contribution in [-0.2, 0) is 6.54 Å². The number of nitriles is 1. The molecule has 2 nitrogen and oxygen atoms in total. The summed E-state index contributed by atoms with van der Waals surface area (Å²) < 4.78 is 27.4. The molecule has 96 valence electrons. The van der Waals surface area contributed by atoms with Gasteiger partial charge in [0, 0.05) is 11.0 Å². The molecule has 0 aliphatic carbocycles. The predicted octanol–water partition coefficient (Wildman–Crippen LogP) is 4.21. The van der Waals surface area contributed by atoms with Crippen molar-refractivity contribution in [3.05, 3.63) is 63.6 Å². The molecule has 0 fully saturated rings. The van der Waals surface area contributed by atoms with Crippen LogP contribution in [0.5, 0.6) is 0 Å². The second-order valence-electron chi connectivity index (χ2n) is 3.89. The van der Waals surface area contributed by atoms with Crippen LogP contribution in [0.4, 0.5) is 14.5 Å². The number of hydrogen-bond acceptors (Lipinski definition) is 2.